The van der Waals surface area contributed by atoms with Crippen LogP contribution in [0, 0.1) is 0 Å². The summed E-state index contributed by atoms with van der Waals surface area (Å²) in [5.74, 6) is 0. The molecule has 1 aliphatic rings. The molecule has 2 nitrogen and oxygen atoms in total. The van der Waals surface area contributed by atoms with Crippen LogP contribution in [0.5, 0.6) is 0 Å². The number of aliphatic hydroxyl groups is 1. The van der Waals surface area contributed by atoms with Crippen molar-refractivity contribution in [3.63, 3.8) is 0 Å². The molecule has 0 amide bonds. The summed E-state index contributed by atoms with van der Waals surface area (Å²) >= 11 is 0. The Morgan fingerprint density at radius 2 is 1.88 bits per heavy atom. The van der Waals surface area contributed by atoms with Gasteiger partial charge >= 0.3 is 0 Å². The molecule has 0 bridgehead atoms. The summed E-state index contributed by atoms with van der Waals surface area (Å²) in [6.45, 7) is 4.40. The summed E-state index contributed by atoms with van der Waals surface area (Å²) in [6.07, 6.45) is 1.51. The van der Waals surface area contributed by atoms with Crippen LogP contribution >= 0.6 is 0 Å². The first kappa shape index (κ1) is 11.6. The molecule has 1 aromatic carbocycles. The maximum Gasteiger partial charge on any atom is 0.0575 e. The van der Waals surface area contributed by atoms with E-state index < -0.39 is 0 Å². The van der Waals surface area contributed by atoms with Crippen LogP contribution in [-0.4, -0.2) is 28.7 Å². The first-order chi connectivity index (χ1) is 7.50. The molecule has 16 heavy (non-hydrogen) atoms. The van der Waals surface area contributed by atoms with Crippen LogP contribution in [-0.2, 0) is 0 Å². The Bertz CT molecular complexity index is 347. The molecule has 88 valence electrons. The fourth-order valence-corrected chi connectivity index (χ4v) is 2.68. The first-order valence-electron chi connectivity index (χ1n) is 5.96. The molecular weight excluding hydrogens is 198 g/mol. The molecule has 1 aliphatic heterocycles. The van der Waals surface area contributed by atoms with Crippen LogP contribution in [0.3, 0.4) is 0 Å². The second kappa shape index (κ2) is 4.19. The van der Waals surface area contributed by atoms with Gasteiger partial charge in [0, 0.05) is 11.6 Å². The number of hydrogen-bond acceptors (Lipinski definition) is 2. The average Bonchev–Trinajstić information content (AvgIpc) is 2.24. The Morgan fingerprint density at radius 3 is 2.50 bits per heavy atom. The second-order valence-corrected chi connectivity index (χ2v) is 5.44. The van der Waals surface area contributed by atoms with Gasteiger partial charge < -0.3 is 5.11 Å². The van der Waals surface area contributed by atoms with Crippen LogP contribution in [0.4, 0.5) is 0 Å². The molecule has 2 heteroatoms. The van der Waals surface area contributed by atoms with Gasteiger partial charge in [-0.2, -0.15) is 0 Å². The quantitative estimate of drug-likeness (QED) is 0.784. The highest BCUT2D eigenvalue weighted by molar-refractivity contribution is 5.20. The van der Waals surface area contributed by atoms with Crippen molar-refractivity contribution >= 4 is 0 Å². The summed E-state index contributed by atoms with van der Waals surface area (Å²) in [5.41, 5.74) is 1.37. The SMILES string of the molecule is CN1[C@H](c2ccccc2)C[C@H](O)CC1(C)C. The minimum absolute atomic E-state index is 0.0676. The van der Waals surface area contributed by atoms with Gasteiger partial charge in [0.05, 0.1) is 6.10 Å². The van der Waals surface area contributed by atoms with Crippen LogP contribution in [0.1, 0.15) is 38.3 Å². The van der Waals surface area contributed by atoms with Crippen molar-refractivity contribution in [1.29, 1.82) is 0 Å². The molecule has 0 aromatic heterocycles. The molecule has 1 heterocycles. The second-order valence-electron chi connectivity index (χ2n) is 5.44. The number of aliphatic hydroxyl groups excluding tert-OH is 1. The smallest absolute Gasteiger partial charge is 0.0575 e. The predicted molar refractivity (Wildman–Crippen MR) is 66.3 cm³/mol. The number of benzene rings is 1. The van der Waals surface area contributed by atoms with Crippen molar-refractivity contribution in [3.05, 3.63) is 35.9 Å². The number of piperidine rings is 1. The Hall–Kier alpha value is -0.860. The normalized spacial score (nSPS) is 30.2. The van der Waals surface area contributed by atoms with Gasteiger partial charge in [-0.15, -0.1) is 0 Å². The summed E-state index contributed by atoms with van der Waals surface area (Å²) in [5, 5.41) is 9.97. The van der Waals surface area contributed by atoms with Gasteiger partial charge in [0.15, 0.2) is 0 Å². The summed E-state index contributed by atoms with van der Waals surface area (Å²) in [6, 6.07) is 10.8. The fraction of sp³-hybridized carbons (Fsp3) is 0.571. The van der Waals surface area contributed by atoms with E-state index in [0.29, 0.717) is 6.04 Å². The van der Waals surface area contributed by atoms with Crippen LogP contribution in [0.2, 0.25) is 0 Å². The number of likely N-dealkylation sites (tertiary alicyclic amines) is 1. The van der Waals surface area contributed by atoms with Gasteiger partial charge in [0.2, 0.25) is 0 Å². The zero-order chi connectivity index (χ0) is 11.8. The van der Waals surface area contributed by atoms with Crippen molar-refractivity contribution in [3.8, 4) is 0 Å². The van der Waals surface area contributed by atoms with Crippen molar-refractivity contribution in [1.82, 2.24) is 4.90 Å². The van der Waals surface area contributed by atoms with Gasteiger partial charge in [-0.05, 0) is 39.3 Å². The lowest BCUT2D eigenvalue weighted by Crippen LogP contribution is -2.50. The summed E-state index contributed by atoms with van der Waals surface area (Å²) in [4.78, 5) is 2.38. The molecule has 1 fully saturated rings. The molecule has 1 aromatic rings. The molecule has 1 saturated heterocycles. The van der Waals surface area contributed by atoms with E-state index >= 15 is 0 Å². The van der Waals surface area contributed by atoms with E-state index in [9.17, 15) is 5.11 Å². The van der Waals surface area contributed by atoms with Crippen molar-refractivity contribution in [2.24, 2.45) is 0 Å². The number of nitrogens with zero attached hydrogens (tertiary/aromatic N) is 1. The zero-order valence-electron chi connectivity index (χ0n) is 10.4. The predicted octanol–water partition coefficient (Wildman–Crippen LogP) is 2.59. The molecule has 2 atom stereocenters. The first-order valence-corrected chi connectivity index (χ1v) is 5.96. The van der Waals surface area contributed by atoms with Gasteiger partial charge in [0.25, 0.3) is 0 Å². The minimum Gasteiger partial charge on any atom is -0.393 e. The van der Waals surface area contributed by atoms with Crippen LogP contribution < -0.4 is 0 Å². The minimum atomic E-state index is -0.184. The van der Waals surface area contributed by atoms with Gasteiger partial charge in [-0.1, -0.05) is 30.3 Å². The van der Waals surface area contributed by atoms with Gasteiger partial charge in [-0.3, -0.25) is 4.90 Å². The lowest BCUT2D eigenvalue weighted by Gasteiger charge is -2.47. The maximum atomic E-state index is 9.97. The van der Waals surface area contributed by atoms with E-state index in [1.807, 2.05) is 6.07 Å². The molecule has 1 N–H and O–H groups in total. The molecular formula is C14H21NO. The zero-order valence-corrected chi connectivity index (χ0v) is 10.4. The number of hydrogen-bond donors (Lipinski definition) is 1. The van der Waals surface area contributed by atoms with E-state index in [2.05, 4.69) is 50.1 Å². The Labute approximate surface area is 97.9 Å². The van der Waals surface area contributed by atoms with E-state index in [0.717, 1.165) is 12.8 Å². The summed E-state index contributed by atoms with van der Waals surface area (Å²) < 4.78 is 0. The highest BCUT2D eigenvalue weighted by atomic mass is 16.3. The average molecular weight is 219 g/mol. The van der Waals surface area contributed by atoms with Crippen molar-refractivity contribution in [2.45, 2.75) is 44.4 Å². The van der Waals surface area contributed by atoms with Gasteiger partial charge in [-0.25, -0.2) is 0 Å². The third-order valence-corrected chi connectivity index (χ3v) is 3.84. The lowest BCUT2D eigenvalue weighted by molar-refractivity contribution is -0.0266. The molecule has 0 aliphatic carbocycles. The highest BCUT2D eigenvalue weighted by Gasteiger charge is 2.38. The van der Waals surface area contributed by atoms with Crippen LogP contribution in [0.15, 0.2) is 30.3 Å². The van der Waals surface area contributed by atoms with Crippen molar-refractivity contribution in [2.75, 3.05) is 7.05 Å². The highest BCUT2D eigenvalue weighted by Crippen LogP contribution is 2.38. The Morgan fingerprint density at radius 1 is 1.25 bits per heavy atom. The van der Waals surface area contributed by atoms with E-state index in [1.54, 1.807) is 0 Å². The molecule has 0 spiro atoms. The topological polar surface area (TPSA) is 23.5 Å². The summed E-state index contributed by atoms with van der Waals surface area (Å²) in [7, 11) is 2.16. The largest absolute Gasteiger partial charge is 0.393 e. The third-order valence-electron chi connectivity index (χ3n) is 3.84. The standard InChI is InChI=1S/C14H21NO/c1-14(2)10-12(16)9-13(15(14)3)11-7-5-4-6-8-11/h4-8,12-13,16H,9-10H2,1-3H3/t12-,13-/m0/s1. The Balaban J connectivity index is 2.27. The number of rotatable bonds is 1. The van der Waals surface area contributed by atoms with E-state index in [-0.39, 0.29) is 11.6 Å². The molecule has 0 radical (unpaired) electrons. The molecule has 0 unspecified atom stereocenters. The monoisotopic (exact) mass is 219 g/mol. The van der Waals surface area contributed by atoms with Crippen LogP contribution in [0.25, 0.3) is 0 Å². The fourth-order valence-electron chi connectivity index (χ4n) is 2.68. The maximum absolute atomic E-state index is 9.97. The van der Waals surface area contributed by atoms with Gasteiger partial charge in [0.1, 0.15) is 0 Å². The Kier molecular flexibility index (Phi) is 3.04. The lowest BCUT2D eigenvalue weighted by atomic mass is 9.82. The van der Waals surface area contributed by atoms with E-state index in [4.69, 9.17) is 0 Å². The molecule has 2 rings (SSSR count). The van der Waals surface area contributed by atoms with E-state index in [1.165, 1.54) is 5.56 Å². The molecule has 0 saturated carbocycles. The third kappa shape index (κ3) is 2.13. The van der Waals surface area contributed by atoms with Crippen molar-refractivity contribution < 1.29 is 5.11 Å².